The molecule has 3 rings (SSSR count). The Balaban J connectivity index is 1.80. The van der Waals surface area contributed by atoms with Crippen molar-refractivity contribution in [2.75, 3.05) is 6.61 Å². The molecule has 1 saturated carbocycles. The molecule has 0 aromatic carbocycles. The van der Waals surface area contributed by atoms with E-state index in [2.05, 4.69) is 13.0 Å². The van der Waals surface area contributed by atoms with E-state index in [-0.39, 0.29) is 24.1 Å². The quantitative estimate of drug-likeness (QED) is 0.688. The van der Waals surface area contributed by atoms with E-state index in [1.165, 1.54) is 0 Å². The molecular weight excluding hydrogens is 204 g/mol. The van der Waals surface area contributed by atoms with Crippen molar-refractivity contribution in [2.45, 2.75) is 51.1 Å². The molecule has 2 atom stereocenters. The van der Waals surface area contributed by atoms with Gasteiger partial charge in [0.05, 0.1) is 18.6 Å². The Hall–Kier alpha value is -1.24. The number of piperidine rings is 1. The maximum atomic E-state index is 11.7. The van der Waals surface area contributed by atoms with E-state index in [0.29, 0.717) is 6.61 Å². The average molecular weight is 222 g/mol. The standard InChI is InChI=1S/C12H18N2O2/c1-2-3-4-16-12(15)14-10-5-9(8-13)6-11(14)7-10/h9-11H,2-7H2,1H3. The Kier molecular flexibility index (Phi) is 3.33. The summed E-state index contributed by atoms with van der Waals surface area (Å²) in [7, 11) is 0. The molecule has 1 amide bonds. The number of nitrogens with zero attached hydrogens (tertiary/aromatic N) is 2. The van der Waals surface area contributed by atoms with Crippen LogP contribution in [0.5, 0.6) is 0 Å². The highest BCUT2D eigenvalue weighted by molar-refractivity contribution is 5.70. The van der Waals surface area contributed by atoms with Crippen LogP contribution in [0.3, 0.4) is 0 Å². The SMILES string of the molecule is CCCCOC(=O)N1C2CC(C#N)CC1C2. The van der Waals surface area contributed by atoms with Gasteiger partial charge < -0.3 is 9.64 Å². The van der Waals surface area contributed by atoms with Gasteiger partial charge in [0.1, 0.15) is 0 Å². The van der Waals surface area contributed by atoms with Crippen LogP contribution >= 0.6 is 0 Å². The second-order valence-electron chi connectivity index (χ2n) is 4.72. The molecule has 0 aromatic rings. The van der Waals surface area contributed by atoms with E-state index < -0.39 is 0 Å². The normalized spacial score (nSPS) is 31.5. The Morgan fingerprint density at radius 3 is 2.69 bits per heavy atom. The molecule has 2 bridgehead atoms. The summed E-state index contributed by atoms with van der Waals surface area (Å²) in [6.07, 6.45) is 4.50. The first-order chi connectivity index (χ1) is 7.76. The molecule has 4 nitrogen and oxygen atoms in total. The largest absolute Gasteiger partial charge is 0.449 e. The van der Waals surface area contributed by atoms with Crippen LogP contribution in [-0.2, 0) is 4.74 Å². The fraction of sp³-hybridized carbons (Fsp3) is 0.833. The predicted molar refractivity (Wildman–Crippen MR) is 58.6 cm³/mol. The van der Waals surface area contributed by atoms with Crippen molar-refractivity contribution < 1.29 is 9.53 Å². The molecule has 2 saturated heterocycles. The zero-order chi connectivity index (χ0) is 11.5. The van der Waals surface area contributed by atoms with Gasteiger partial charge in [-0.05, 0) is 25.7 Å². The molecular formula is C12H18N2O2. The summed E-state index contributed by atoms with van der Waals surface area (Å²) in [4.78, 5) is 13.6. The zero-order valence-electron chi connectivity index (χ0n) is 9.69. The van der Waals surface area contributed by atoms with Gasteiger partial charge >= 0.3 is 6.09 Å². The molecule has 2 unspecified atom stereocenters. The van der Waals surface area contributed by atoms with Crippen LogP contribution in [0.1, 0.15) is 39.0 Å². The van der Waals surface area contributed by atoms with Crippen molar-refractivity contribution in [3.05, 3.63) is 0 Å². The monoisotopic (exact) mass is 222 g/mol. The molecule has 0 aromatic heterocycles. The number of hydrogen-bond acceptors (Lipinski definition) is 3. The van der Waals surface area contributed by atoms with Gasteiger partial charge in [-0.2, -0.15) is 5.26 Å². The number of rotatable bonds is 3. The van der Waals surface area contributed by atoms with Gasteiger partial charge in [0.2, 0.25) is 0 Å². The summed E-state index contributed by atoms with van der Waals surface area (Å²) < 4.78 is 5.20. The number of ether oxygens (including phenoxy) is 1. The lowest BCUT2D eigenvalue weighted by Crippen LogP contribution is -2.62. The van der Waals surface area contributed by atoms with Gasteiger partial charge in [-0.15, -0.1) is 0 Å². The third-order valence-corrected chi connectivity index (χ3v) is 3.56. The van der Waals surface area contributed by atoms with Crippen LogP contribution in [0.25, 0.3) is 0 Å². The summed E-state index contributed by atoms with van der Waals surface area (Å²) in [6.45, 7) is 2.59. The Morgan fingerprint density at radius 1 is 1.44 bits per heavy atom. The second kappa shape index (κ2) is 4.73. The first-order valence-electron chi connectivity index (χ1n) is 6.11. The molecule has 1 aliphatic carbocycles. The van der Waals surface area contributed by atoms with Crippen LogP contribution in [0.4, 0.5) is 4.79 Å². The second-order valence-corrected chi connectivity index (χ2v) is 4.72. The topological polar surface area (TPSA) is 53.3 Å². The van der Waals surface area contributed by atoms with Gasteiger partial charge in [-0.25, -0.2) is 4.79 Å². The van der Waals surface area contributed by atoms with Gasteiger partial charge in [0, 0.05) is 12.1 Å². The first-order valence-corrected chi connectivity index (χ1v) is 6.11. The highest BCUT2D eigenvalue weighted by atomic mass is 16.6. The van der Waals surface area contributed by atoms with Crippen molar-refractivity contribution in [3.8, 4) is 6.07 Å². The van der Waals surface area contributed by atoms with Crippen LogP contribution in [-0.4, -0.2) is 29.7 Å². The van der Waals surface area contributed by atoms with Crippen molar-refractivity contribution in [2.24, 2.45) is 5.92 Å². The van der Waals surface area contributed by atoms with Crippen molar-refractivity contribution in [1.82, 2.24) is 4.90 Å². The van der Waals surface area contributed by atoms with E-state index >= 15 is 0 Å². The summed E-state index contributed by atoms with van der Waals surface area (Å²) in [5, 5.41) is 8.84. The lowest BCUT2D eigenvalue weighted by atomic mass is 9.74. The number of fused-ring (bicyclic) bond motifs is 2. The molecule has 2 aliphatic heterocycles. The molecule has 4 heteroatoms. The van der Waals surface area contributed by atoms with Crippen molar-refractivity contribution >= 4 is 6.09 Å². The van der Waals surface area contributed by atoms with Gasteiger partial charge in [-0.3, -0.25) is 0 Å². The molecule has 0 spiro atoms. The van der Waals surface area contributed by atoms with Crippen molar-refractivity contribution in [1.29, 1.82) is 5.26 Å². The highest BCUT2D eigenvalue weighted by Crippen LogP contribution is 2.41. The number of amides is 1. The first kappa shape index (κ1) is 11.3. The number of carbonyl (C=O) groups is 1. The van der Waals surface area contributed by atoms with Crippen molar-refractivity contribution in [3.63, 3.8) is 0 Å². The smallest absolute Gasteiger partial charge is 0.410 e. The molecule has 16 heavy (non-hydrogen) atoms. The number of nitriles is 1. The predicted octanol–water partition coefficient (Wildman–Crippen LogP) is 2.30. The lowest BCUT2D eigenvalue weighted by molar-refractivity contribution is -0.0352. The summed E-state index contributed by atoms with van der Waals surface area (Å²) in [6, 6.07) is 2.82. The van der Waals surface area contributed by atoms with Crippen LogP contribution < -0.4 is 0 Å². The van der Waals surface area contributed by atoms with Crippen LogP contribution in [0.15, 0.2) is 0 Å². The molecule has 88 valence electrons. The van der Waals surface area contributed by atoms with E-state index in [4.69, 9.17) is 10.00 Å². The van der Waals surface area contributed by atoms with E-state index in [0.717, 1.165) is 32.1 Å². The van der Waals surface area contributed by atoms with Crippen LogP contribution in [0, 0.1) is 17.2 Å². The molecule has 3 fully saturated rings. The number of carbonyl (C=O) groups excluding carboxylic acids is 1. The lowest BCUT2D eigenvalue weighted by Gasteiger charge is -2.53. The third kappa shape index (κ3) is 1.99. The van der Waals surface area contributed by atoms with Gasteiger partial charge in [0.15, 0.2) is 0 Å². The summed E-state index contributed by atoms with van der Waals surface area (Å²) >= 11 is 0. The summed E-state index contributed by atoms with van der Waals surface area (Å²) in [5.74, 6) is 0.142. The Bertz CT molecular complexity index is 299. The third-order valence-electron chi connectivity index (χ3n) is 3.56. The van der Waals surface area contributed by atoms with Crippen LogP contribution in [0.2, 0.25) is 0 Å². The minimum absolute atomic E-state index is 0.142. The maximum absolute atomic E-state index is 11.7. The maximum Gasteiger partial charge on any atom is 0.410 e. The van der Waals surface area contributed by atoms with E-state index in [1.54, 1.807) is 0 Å². The highest BCUT2D eigenvalue weighted by Gasteiger charge is 2.48. The van der Waals surface area contributed by atoms with Gasteiger partial charge in [0.25, 0.3) is 0 Å². The fourth-order valence-corrected chi connectivity index (χ4v) is 2.66. The molecule has 2 heterocycles. The Morgan fingerprint density at radius 2 is 2.12 bits per heavy atom. The molecule has 0 radical (unpaired) electrons. The van der Waals surface area contributed by atoms with Gasteiger partial charge in [-0.1, -0.05) is 13.3 Å². The number of hydrogen-bond donors (Lipinski definition) is 0. The Labute approximate surface area is 96.2 Å². The summed E-state index contributed by atoms with van der Waals surface area (Å²) in [5.41, 5.74) is 0. The minimum atomic E-state index is -0.175. The van der Waals surface area contributed by atoms with E-state index in [1.807, 2.05) is 4.90 Å². The number of unbranched alkanes of at least 4 members (excludes halogenated alkanes) is 1. The fourth-order valence-electron chi connectivity index (χ4n) is 2.66. The zero-order valence-corrected chi connectivity index (χ0v) is 9.69. The molecule has 3 aliphatic rings. The minimum Gasteiger partial charge on any atom is -0.449 e. The molecule has 0 N–H and O–H groups in total. The average Bonchev–Trinajstić information content (AvgIpc) is 2.29. The van der Waals surface area contributed by atoms with E-state index in [9.17, 15) is 4.79 Å².